The van der Waals surface area contributed by atoms with Gasteiger partial charge in [0.1, 0.15) is 0 Å². The molecule has 23 heavy (non-hydrogen) atoms. The van der Waals surface area contributed by atoms with Crippen LogP contribution in [0.25, 0.3) is 10.9 Å². The van der Waals surface area contributed by atoms with Gasteiger partial charge in [0, 0.05) is 11.1 Å². The highest BCUT2D eigenvalue weighted by atomic mass is 35.5. The number of ether oxygens (including phenoxy) is 1. The maximum absolute atomic E-state index is 13.0. The van der Waals surface area contributed by atoms with Crippen LogP contribution in [0, 0.1) is 6.92 Å². The predicted octanol–water partition coefficient (Wildman–Crippen LogP) is 4.08. The van der Waals surface area contributed by atoms with Crippen molar-refractivity contribution in [1.29, 1.82) is 0 Å². The molecule has 1 heterocycles. The fourth-order valence-electron chi connectivity index (χ4n) is 2.74. The Bertz CT molecular complexity index is 927. The summed E-state index contributed by atoms with van der Waals surface area (Å²) >= 11 is 6.14. The number of carbonyl (C=O) groups excluding carboxylic acids is 2. The second-order valence-corrected chi connectivity index (χ2v) is 5.50. The summed E-state index contributed by atoms with van der Waals surface area (Å²) in [5.41, 5.74) is 1.95. The number of methoxy groups -OCH3 is 1. The lowest BCUT2D eigenvalue weighted by Crippen LogP contribution is -2.15. The highest BCUT2D eigenvalue weighted by molar-refractivity contribution is 6.34. The van der Waals surface area contributed by atoms with Gasteiger partial charge in [-0.05, 0) is 25.1 Å². The fraction of sp³-hybridized carbons (Fsp3) is 0.111. The van der Waals surface area contributed by atoms with Gasteiger partial charge in [-0.25, -0.2) is 4.79 Å². The van der Waals surface area contributed by atoms with Gasteiger partial charge in [-0.2, -0.15) is 0 Å². The SMILES string of the molecule is COC(=O)c1c(C)n(C(=O)c2ccccc2Cl)c2ccccc12. The maximum atomic E-state index is 13.0. The quantitative estimate of drug-likeness (QED) is 0.666. The van der Waals surface area contributed by atoms with Gasteiger partial charge in [0.05, 0.1) is 28.8 Å². The molecule has 0 fully saturated rings. The van der Waals surface area contributed by atoms with E-state index in [2.05, 4.69) is 0 Å². The van der Waals surface area contributed by atoms with E-state index >= 15 is 0 Å². The summed E-state index contributed by atoms with van der Waals surface area (Å²) < 4.78 is 6.36. The third kappa shape index (κ3) is 2.41. The van der Waals surface area contributed by atoms with E-state index in [1.165, 1.54) is 11.7 Å². The number of benzene rings is 2. The topological polar surface area (TPSA) is 48.3 Å². The second kappa shape index (κ2) is 5.89. The summed E-state index contributed by atoms with van der Waals surface area (Å²) in [6.45, 7) is 1.72. The molecule has 5 heteroatoms. The molecular weight excluding hydrogens is 314 g/mol. The van der Waals surface area contributed by atoms with Crippen LogP contribution in [0.4, 0.5) is 0 Å². The molecule has 0 amide bonds. The van der Waals surface area contributed by atoms with Crippen molar-refractivity contribution < 1.29 is 14.3 Å². The van der Waals surface area contributed by atoms with Crippen LogP contribution in [0.1, 0.15) is 26.4 Å². The third-order valence-electron chi connectivity index (χ3n) is 3.81. The average Bonchev–Trinajstić information content (AvgIpc) is 2.86. The lowest BCUT2D eigenvalue weighted by Gasteiger charge is -2.08. The van der Waals surface area contributed by atoms with Crippen molar-refractivity contribution in [2.24, 2.45) is 0 Å². The Morgan fingerprint density at radius 3 is 2.39 bits per heavy atom. The van der Waals surface area contributed by atoms with Crippen LogP contribution in [-0.4, -0.2) is 23.6 Å². The van der Waals surface area contributed by atoms with E-state index in [4.69, 9.17) is 16.3 Å². The normalized spacial score (nSPS) is 10.7. The Hall–Kier alpha value is -2.59. The molecule has 2 aromatic carbocycles. The summed E-state index contributed by atoms with van der Waals surface area (Å²) in [5.74, 6) is -0.746. The Balaban J connectivity index is 2.30. The van der Waals surface area contributed by atoms with Gasteiger partial charge in [0.25, 0.3) is 5.91 Å². The number of halogens is 1. The number of aromatic nitrogens is 1. The van der Waals surface area contributed by atoms with Crippen molar-refractivity contribution in [2.75, 3.05) is 7.11 Å². The number of nitrogens with zero attached hydrogens (tertiary/aromatic N) is 1. The van der Waals surface area contributed by atoms with E-state index in [1.54, 1.807) is 43.3 Å². The van der Waals surface area contributed by atoms with Crippen LogP contribution in [-0.2, 0) is 4.74 Å². The van der Waals surface area contributed by atoms with Crippen LogP contribution in [0.5, 0.6) is 0 Å². The Morgan fingerprint density at radius 1 is 1.04 bits per heavy atom. The summed E-state index contributed by atoms with van der Waals surface area (Å²) in [6, 6.07) is 14.1. The van der Waals surface area contributed by atoms with Crippen LogP contribution in [0.3, 0.4) is 0 Å². The summed E-state index contributed by atoms with van der Waals surface area (Å²) in [5, 5.41) is 1.05. The number of para-hydroxylation sites is 1. The molecule has 0 unspecified atom stereocenters. The molecule has 116 valence electrons. The Morgan fingerprint density at radius 2 is 1.70 bits per heavy atom. The van der Waals surface area contributed by atoms with Gasteiger partial charge < -0.3 is 4.74 Å². The Labute approximate surface area is 138 Å². The fourth-order valence-corrected chi connectivity index (χ4v) is 2.96. The van der Waals surface area contributed by atoms with Crippen molar-refractivity contribution >= 4 is 34.4 Å². The molecule has 0 aliphatic rings. The van der Waals surface area contributed by atoms with E-state index < -0.39 is 5.97 Å². The molecule has 1 aromatic heterocycles. The molecule has 0 bridgehead atoms. The first-order valence-electron chi connectivity index (χ1n) is 7.04. The van der Waals surface area contributed by atoms with Crippen LogP contribution < -0.4 is 0 Å². The first kappa shape index (κ1) is 15.3. The molecule has 0 atom stereocenters. The minimum absolute atomic E-state index is 0.278. The molecule has 0 aliphatic carbocycles. The molecule has 0 aliphatic heterocycles. The molecule has 0 N–H and O–H groups in total. The van der Waals surface area contributed by atoms with E-state index in [1.807, 2.05) is 12.1 Å². The van der Waals surface area contributed by atoms with Crippen molar-refractivity contribution in [2.45, 2.75) is 6.92 Å². The number of esters is 1. The zero-order chi connectivity index (χ0) is 16.6. The number of hydrogen-bond donors (Lipinski definition) is 0. The van der Waals surface area contributed by atoms with Gasteiger partial charge in [-0.1, -0.05) is 41.9 Å². The first-order chi connectivity index (χ1) is 11.1. The second-order valence-electron chi connectivity index (χ2n) is 5.09. The Kier molecular flexibility index (Phi) is 3.92. The van der Waals surface area contributed by atoms with Gasteiger partial charge in [-0.3, -0.25) is 9.36 Å². The van der Waals surface area contributed by atoms with Gasteiger partial charge in [-0.15, -0.1) is 0 Å². The van der Waals surface area contributed by atoms with Crippen molar-refractivity contribution in [1.82, 2.24) is 4.57 Å². The van der Waals surface area contributed by atoms with Crippen molar-refractivity contribution in [3.8, 4) is 0 Å². The largest absolute Gasteiger partial charge is 0.465 e. The zero-order valence-corrected chi connectivity index (χ0v) is 13.4. The van der Waals surface area contributed by atoms with E-state index in [9.17, 15) is 9.59 Å². The summed E-state index contributed by atoms with van der Waals surface area (Å²) in [7, 11) is 1.32. The molecule has 0 spiro atoms. The number of rotatable bonds is 2. The lowest BCUT2D eigenvalue weighted by atomic mass is 10.1. The van der Waals surface area contributed by atoms with E-state index in [0.29, 0.717) is 32.7 Å². The monoisotopic (exact) mass is 327 g/mol. The minimum atomic E-state index is -0.468. The molecule has 0 saturated heterocycles. The number of fused-ring (bicyclic) bond motifs is 1. The average molecular weight is 328 g/mol. The molecule has 0 saturated carbocycles. The van der Waals surface area contributed by atoms with Gasteiger partial charge in [0.15, 0.2) is 0 Å². The maximum Gasteiger partial charge on any atom is 0.340 e. The standard InChI is InChI=1S/C18H14ClNO3/c1-11-16(18(22)23-2)13-8-4-6-10-15(13)20(11)17(21)12-7-3-5-9-14(12)19/h3-10H,1-2H3. The van der Waals surface area contributed by atoms with Gasteiger partial charge in [0.2, 0.25) is 0 Å². The third-order valence-corrected chi connectivity index (χ3v) is 4.14. The lowest BCUT2D eigenvalue weighted by molar-refractivity contribution is 0.0602. The highest BCUT2D eigenvalue weighted by Crippen LogP contribution is 2.28. The van der Waals surface area contributed by atoms with Crippen molar-refractivity contribution in [3.05, 3.63) is 70.4 Å². The molecule has 0 radical (unpaired) electrons. The molecule has 4 nitrogen and oxygen atoms in total. The highest BCUT2D eigenvalue weighted by Gasteiger charge is 2.24. The number of carbonyl (C=O) groups is 2. The zero-order valence-electron chi connectivity index (χ0n) is 12.7. The predicted molar refractivity (Wildman–Crippen MR) is 89.2 cm³/mol. The van der Waals surface area contributed by atoms with Crippen molar-refractivity contribution in [3.63, 3.8) is 0 Å². The molecular formula is C18H14ClNO3. The smallest absolute Gasteiger partial charge is 0.340 e. The summed E-state index contributed by atoms with van der Waals surface area (Å²) in [4.78, 5) is 25.1. The minimum Gasteiger partial charge on any atom is -0.465 e. The first-order valence-corrected chi connectivity index (χ1v) is 7.41. The van der Waals surface area contributed by atoms with E-state index in [0.717, 1.165) is 0 Å². The van der Waals surface area contributed by atoms with Crippen LogP contribution >= 0.6 is 11.6 Å². The molecule has 3 aromatic rings. The van der Waals surface area contributed by atoms with Gasteiger partial charge >= 0.3 is 5.97 Å². The number of hydrogen-bond acceptors (Lipinski definition) is 3. The van der Waals surface area contributed by atoms with E-state index in [-0.39, 0.29) is 5.91 Å². The van der Waals surface area contributed by atoms with Crippen LogP contribution in [0.2, 0.25) is 5.02 Å². The summed E-state index contributed by atoms with van der Waals surface area (Å²) in [6.07, 6.45) is 0. The molecule has 3 rings (SSSR count). The van der Waals surface area contributed by atoms with Crippen LogP contribution in [0.15, 0.2) is 48.5 Å².